The van der Waals surface area contributed by atoms with E-state index in [1.54, 1.807) is 24.3 Å². The van der Waals surface area contributed by atoms with Crippen molar-refractivity contribution in [1.82, 2.24) is 0 Å². The first kappa shape index (κ1) is 17.2. The third-order valence-corrected chi connectivity index (χ3v) is 3.65. The summed E-state index contributed by atoms with van der Waals surface area (Å²) in [7, 11) is 0. The van der Waals surface area contributed by atoms with E-state index < -0.39 is 0 Å². The van der Waals surface area contributed by atoms with Crippen LogP contribution in [0.1, 0.15) is 11.1 Å². The largest absolute Gasteiger partial charge is 0.326 e. The molecular formula is C14H14Br2F2N2. The molecule has 6 heteroatoms. The van der Waals surface area contributed by atoms with Gasteiger partial charge in [-0.2, -0.15) is 0 Å². The average molecular weight is 408 g/mol. The maximum atomic E-state index is 12.5. The van der Waals surface area contributed by atoms with Gasteiger partial charge in [0.1, 0.15) is 11.6 Å². The molecule has 0 saturated heterocycles. The summed E-state index contributed by atoms with van der Waals surface area (Å²) in [6, 6.07) is 9.48. The lowest BCUT2D eigenvalue weighted by molar-refractivity contribution is 0.620. The molecule has 0 aliphatic heterocycles. The fraction of sp³-hybridized carbons (Fsp3) is 0.143. The van der Waals surface area contributed by atoms with Crippen LogP contribution in [0, 0.1) is 11.6 Å². The van der Waals surface area contributed by atoms with Crippen LogP contribution >= 0.6 is 31.9 Å². The van der Waals surface area contributed by atoms with Crippen LogP contribution in [0.2, 0.25) is 0 Å². The Balaban J connectivity index is 0.000000200. The Hall–Kier alpha value is -0.820. The average Bonchev–Trinajstić information content (AvgIpc) is 2.45. The number of nitrogens with two attached hydrogens (primary N) is 2. The van der Waals surface area contributed by atoms with Crippen LogP contribution in [0.25, 0.3) is 0 Å². The molecule has 2 nitrogen and oxygen atoms in total. The molecule has 0 bridgehead atoms. The van der Waals surface area contributed by atoms with Gasteiger partial charge < -0.3 is 11.5 Å². The van der Waals surface area contributed by atoms with Crippen molar-refractivity contribution >= 4 is 31.9 Å². The van der Waals surface area contributed by atoms with E-state index in [2.05, 4.69) is 31.9 Å². The zero-order valence-electron chi connectivity index (χ0n) is 10.5. The number of halogens is 4. The normalized spacial score (nSPS) is 9.90. The van der Waals surface area contributed by atoms with Crippen LogP contribution in [-0.4, -0.2) is 0 Å². The highest BCUT2D eigenvalue weighted by atomic mass is 79.9. The minimum atomic E-state index is -0.253. The van der Waals surface area contributed by atoms with E-state index in [-0.39, 0.29) is 11.6 Å². The first-order valence-corrected chi connectivity index (χ1v) is 7.34. The highest BCUT2D eigenvalue weighted by Gasteiger charge is 1.98. The Morgan fingerprint density at radius 1 is 0.750 bits per heavy atom. The molecule has 0 spiro atoms. The molecule has 0 saturated carbocycles. The third-order valence-electron chi connectivity index (χ3n) is 2.44. The van der Waals surface area contributed by atoms with Gasteiger partial charge in [0.2, 0.25) is 0 Å². The van der Waals surface area contributed by atoms with Crippen molar-refractivity contribution in [3.05, 3.63) is 68.1 Å². The maximum Gasteiger partial charge on any atom is 0.137 e. The molecule has 4 N–H and O–H groups in total. The first-order chi connectivity index (χ1) is 9.47. The summed E-state index contributed by atoms with van der Waals surface area (Å²) in [5.41, 5.74) is 12.5. The molecule has 0 radical (unpaired) electrons. The maximum absolute atomic E-state index is 12.5. The third kappa shape index (κ3) is 5.28. The summed E-state index contributed by atoms with van der Waals surface area (Å²) >= 11 is 6.11. The second-order valence-corrected chi connectivity index (χ2v) is 5.61. The van der Waals surface area contributed by atoms with Gasteiger partial charge in [-0.3, -0.25) is 0 Å². The minimum absolute atomic E-state index is 0.253. The summed E-state index contributed by atoms with van der Waals surface area (Å²) < 4.78 is 26.0. The molecule has 0 unspecified atom stereocenters. The van der Waals surface area contributed by atoms with Gasteiger partial charge in [-0.15, -0.1) is 0 Å². The summed E-state index contributed by atoms with van der Waals surface area (Å²) in [6.07, 6.45) is 0. The minimum Gasteiger partial charge on any atom is -0.326 e. The SMILES string of the molecule is NCc1ccc(F)c(Br)c1.NCc1ccc(F)c(Br)c1. The van der Waals surface area contributed by atoms with E-state index in [0.29, 0.717) is 22.0 Å². The van der Waals surface area contributed by atoms with E-state index >= 15 is 0 Å². The highest BCUT2D eigenvalue weighted by Crippen LogP contribution is 2.16. The summed E-state index contributed by atoms with van der Waals surface area (Å²) in [5, 5.41) is 0. The zero-order valence-corrected chi connectivity index (χ0v) is 13.7. The van der Waals surface area contributed by atoms with Gasteiger partial charge in [0.25, 0.3) is 0 Å². The topological polar surface area (TPSA) is 52.0 Å². The van der Waals surface area contributed by atoms with Gasteiger partial charge in [-0.05, 0) is 67.3 Å². The fourth-order valence-electron chi connectivity index (χ4n) is 1.33. The second kappa shape index (κ2) is 8.46. The number of hydrogen-bond acceptors (Lipinski definition) is 2. The molecule has 0 heterocycles. The lowest BCUT2D eigenvalue weighted by Gasteiger charge is -1.97. The van der Waals surface area contributed by atoms with Crippen molar-refractivity contribution in [3.8, 4) is 0 Å². The smallest absolute Gasteiger partial charge is 0.137 e. The second-order valence-electron chi connectivity index (χ2n) is 3.91. The fourth-order valence-corrected chi connectivity index (χ4v) is 2.19. The van der Waals surface area contributed by atoms with E-state index in [9.17, 15) is 8.78 Å². The Morgan fingerprint density at radius 3 is 1.35 bits per heavy atom. The lowest BCUT2D eigenvalue weighted by Crippen LogP contribution is -1.95. The molecule has 2 aromatic rings. The number of benzene rings is 2. The van der Waals surface area contributed by atoms with Crippen LogP contribution in [0.15, 0.2) is 45.3 Å². The first-order valence-electron chi connectivity index (χ1n) is 5.76. The monoisotopic (exact) mass is 406 g/mol. The van der Waals surface area contributed by atoms with Crippen LogP contribution in [0.5, 0.6) is 0 Å². The number of hydrogen-bond donors (Lipinski definition) is 2. The molecule has 0 aliphatic rings. The molecule has 0 aromatic heterocycles. The number of rotatable bonds is 2. The van der Waals surface area contributed by atoms with E-state index in [1.165, 1.54) is 12.1 Å². The van der Waals surface area contributed by atoms with Crippen LogP contribution in [0.4, 0.5) is 8.78 Å². The standard InChI is InChI=1S/2C7H7BrFN/c2*8-6-3-5(4-10)1-2-7(6)9/h2*1-3H,4,10H2. The summed E-state index contributed by atoms with van der Waals surface area (Å²) in [5.74, 6) is -0.505. The highest BCUT2D eigenvalue weighted by molar-refractivity contribution is 9.10. The Bertz CT molecular complexity index is 526. The molecule has 0 atom stereocenters. The molecule has 20 heavy (non-hydrogen) atoms. The predicted molar refractivity (Wildman–Crippen MR) is 84.0 cm³/mol. The van der Waals surface area contributed by atoms with Crippen molar-refractivity contribution < 1.29 is 8.78 Å². The van der Waals surface area contributed by atoms with Crippen LogP contribution in [-0.2, 0) is 13.1 Å². The predicted octanol–water partition coefficient (Wildman–Crippen LogP) is 4.09. The van der Waals surface area contributed by atoms with Crippen molar-refractivity contribution in [3.63, 3.8) is 0 Å². The van der Waals surface area contributed by atoms with Crippen molar-refractivity contribution in [1.29, 1.82) is 0 Å². The molecule has 108 valence electrons. The van der Waals surface area contributed by atoms with Crippen LogP contribution in [0.3, 0.4) is 0 Å². The van der Waals surface area contributed by atoms with Gasteiger partial charge in [0, 0.05) is 13.1 Å². The van der Waals surface area contributed by atoms with E-state index in [4.69, 9.17) is 11.5 Å². The van der Waals surface area contributed by atoms with Gasteiger partial charge in [0.15, 0.2) is 0 Å². The van der Waals surface area contributed by atoms with E-state index in [0.717, 1.165) is 11.1 Å². The van der Waals surface area contributed by atoms with Gasteiger partial charge in [-0.1, -0.05) is 12.1 Å². The quantitative estimate of drug-likeness (QED) is 0.787. The van der Waals surface area contributed by atoms with Crippen molar-refractivity contribution in [2.24, 2.45) is 11.5 Å². The summed E-state index contributed by atoms with van der Waals surface area (Å²) in [6.45, 7) is 0.887. The zero-order chi connectivity index (χ0) is 15.1. The molecule has 0 amide bonds. The molecule has 0 aliphatic carbocycles. The molecule has 2 aromatic carbocycles. The summed E-state index contributed by atoms with van der Waals surface area (Å²) in [4.78, 5) is 0. The van der Waals surface area contributed by atoms with Gasteiger partial charge in [-0.25, -0.2) is 8.78 Å². The molecule has 0 fully saturated rings. The Labute approximate surface area is 133 Å². The van der Waals surface area contributed by atoms with Gasteiger partial charge >= 0.3 is 0 Å². The molecular weight excluding hydrogens is 394 g/mol. The van der Waals surface area contributed by atoms with E-state index in [1.807, 2.05) is 0 Å². The molecule has 2 rings (SSSR count). The van der Waals surface area contributed by atoms with Crippen LogP contribution < -0.4 is 11.5 Å². The lowest BCUT2D eigenvalue weighted by atomic mass is 10.2. The Kier molecular flexibility index (Phi) is 7.29. The van der Waals surface area contributed by atoms with Crippen molar-refractivity contribution in [2.45, 2.75) is 13.1 Å². The Morgan fingerprint density at radius 2 is 1.10 bits per heavy atom. The van der Waals surface area contributed by atoms with Gasteiger partial charge in [0.05, 0.1) is 8.95 Å². The van der Waals surface area contributed by atoms with Crippen molar-refractivity contribution in [2.75, 3.05) is 0 Å².